The maximum Gasteiger partial charge on any atom is 0.219 e. The monoisotopic (exact) mass is 250 g/mol. The molecule has 100 valence electrons. The first kappa shape index (κ1) is 13.1. The second-order valence-corrected chi connectivity index (χ2v) is 5.93. The number of rotatable bonds is 0. The summed E-state index contributed by atoms with van der Waals surface area (Å²) in [5.41, 5.74) is 2.27. The number of nitrogens with zero attached hydrogens (tertiary/aromatic N) is 4. The molecule has 1 aliphatic rings. The highest BCUT2D eigenvalue weighted by Gasteiger charge is 2.24. The highest BCUT2D eigenvalue weighted by atomic mass is 16.2. The lowest BCUT2D eigenvalue weighted by molar-refractivity contribution is -0.128. The third kappa shape index (κ3) is 2.54. The summed E-state index contributed by atoms with van der Waals surface area (Å²) in [6, 6.07) is 0. The predicted octanol–water partition coefficient (Wildman–Crippen LogP) is 1.37. The van der Waals surface area contributed by atoms with Gasteiger partial charge in [-0.2, -0.15) is 0 Å². The second kappa shape index (κ2) is 4.71. The number of fused-ring (bicyclic) bond motifs is 1. The smallest absolute Gasteiger partial charge is 0.219 e. The third-order valence-corrected chi connectivity index (χ3v) is 3.38. The van der Waals surface area contributed by atoms with E-state index in [4.69, 9.17) is 0 Å². The molecular formula is C13H22N4O. The number of carbonyl (C=O) groups is 1. The molecule has 2 heterocycles. The van der Waals surface area contributed by atoms with Crippen molar-refractivity contribution in [3.05, 3.63) is 11.4 Å². The maximum absolute atomic E-state index is 11.4. The highest BCUT2D eigenvalue weighted by Crippen LogP contribution is 2.21. The Hall–Kier alpha value is -1.39. The lowest BCUT2D eigenvalue weighted by Crippen LogP contribution is -2.34. The van der Waals surface area contributed by atoms with Crippen LogP contribution in [0.25, 0.3) is 0 Å². The van der Waals surface area contributed by atoms with Crippen molar-refractivity contribution in [2.75, 3.05) is 13.1 Å². The van der Waals surface area contributed by atoms with Gasteiger partial charge in [0.1, 0.15) is 0 Å². The molecule has 0 fully saturated rings. The number of hydrogen-bond acceptors (Lipinski definition) is 3. The Balaban J connectivity index is 2.24. The van der Waals surface area contributed by atoms with Crippen LogP contribution in [0.5, 0.6) is 0 Å². The van der Waals surface area contributed by atoms with Gasteiger partial charge in [-0.05, 0) is 33.6 Å². The summed E-state index contributed by atoms with van der Waals surface area (Å²) in [5, 5.41) is 8.58. The van der Waals surface area contributed by atoms with Crippen LogP contribution >= 0.6 is 0 Å². The quantitative estimate of drug-likeness (QED) is 0.699. The number of aromatic nitrogens is 3. The van der Waals surface area contributed by atoms with Gasteiger partial charge in [0, 0.05) is 26.4 Å². The number of amides is 1. The largest absolute Gasteiger partial charge is 0.343 e. The fourth-order valence-corrected chi connectivity index (χ4v) is 2.42. The SMILES string of the molecule is CC(=O)N1CCCc2c(nnn2C(C)(C)C)CC1. The van der Waals surface area contributed by atoms with E-state index in [9.17, 15) is 4.79 Å². The van der Waals surface area contributed by atoms with Gasteiger partial charge in [0.15, 0.2) is 0 Å². The molecule has 1 aliphatic heterocycles. The van der Waals surface area contributed by atoms with Crippen LogP contribution in [0.15, 0.2) is 0 Å². The molecule has 0 saturated heterocycles. The molecule has 0 bridgehead atoms. The molecule has 5 nitrogen and oxygen atoms in total. The zero-order valence-electron chi connectivity index (χ0n) is 11.7. The van der Waals surface area contributed by atoms with E-state index in [0.29, 0.717) is 0 Å². The molecule has 0 aliphatic carbocycles. The van der Waals surface area contributed by atoms with E-state index in [0.717, 1.165) is 38.0 Å². The average molecular weight is 250 g/mol. The fourth-order valence-electron chi connectivity index (χ4n) is 2.42. The Morgan fingerprint density at radius 1 is 1.22 bits per heavy atom. The summed E-state index contributed by atoms with van der Waals surface area (Å²) >= 11 is 0. The summed E-state index contributed by atoms with van der Waals surface area (Å²) in [5.74, 6) is 0.154. The molecule has 1 amide bonds. The van der Waals surface area contributed by atoms with Crippen molar-refractivity contribution >= 4 is 5.91 Å². The van der Waals surface area contributed by atoms with E-state index in [-0.39, 0.29) is 11.4 Å². The first-order valence-corrected chi connectivity index (χ1v) is 6.59. The van der Waals surface area contributed by atoms with Gasteiger partial charge in [-0.3, -0.25) is 4.79 Å². The van der Waals surface area contributed by atoms with Crippen molar-refractivity contribution in [2.45, 2.75) is 52.5 Å². The van der Waals surface area contributed by atoms with Crippen molar-refractivity contribution < 1.29 is 4.79 Å². The summed E-state index contributed by atoms with van der Waals surface area (Å²) in [7, 11) is 0. The molecule has 1 aromatic rings. The van der Waals surface area contributed by atoms with Crippen molar-refractivity contribution in [3.63, 3.8) is 0 Å². The van der Waals surface area contributed by atoms with Crippen LogP contribution in [0.3, 0.4) is 0 Å². The van der Waals surface area contributed by atoms with Gasteiger partial charge in [0.2, 0.25) is 5.91 Å². The first-order valence-electron chi connectivity index (χ1n) is 6.59. The van der Waals surface area contributed by atoms with E-state index in [1.54, 1.807) is 6.92 Å². The van der Waals surface area contributed by atoms with Crippen LogP contribution in [0.1, 0.15) is 45.5 Å². The minimum atomic E-state index is -0.0277. The Labute approximate surface area is 108 Å². The van der Waals surface area contributed by atoms with Crippen molar-refractivity contribution in [2.24, 2.45) is 0 Å². The van der Waals surface area contributed by atoms with E-state index in [1.807, 2.05) is 9.58 Å². The molecule has 5 heteroatoms. The Bertz CT molecular complexity index is 444. The molecule has 0 radical (unpaired) electrons. The molecule has 1 aromatic heterocycles. The van der Waals surface area contributed by atoms with Gasteiger partial charge < -0.3 is 4.90 Å². The van der Waals surface area contributed by atoms with E-state index >= 15 is 0 Å². The molecule has 0 N–H and O–H groups in total. The third-order valence-electron chi connectivity index (χ3n) is 3.38. The van der Waals surface area contributed by atoms with E-state index in [1.165, 1.54) is 5.69 Å². The fraction of sp³-hybridized carbons (Fsp3) is 0.769. The molecule has 0 saturated carbocycles. The highest BCUT2D eigenvalue weighted by molar-refractivity contribution is 5.73. The summed E-state index contributed by atoms with van der Waals surface area (Å²) in [6.07, 6.45) is 2.74. The van der Waals surface area contributed by atoms with Gasteiger partial charge in [-0.15, -0.1) is 5.10 Å². The lowest BCUT2D eigenvalue weighted by atomic mass is 10.0. The van der Waals surface area contributed by atoms with Crippen molar-refractivity contribution in [1.82, 2.24) is 19.9 Å². The minimum absolute atomic E-state index is 0.0277. The first-order chi connectivity index (χ1) is 8.39. The number of hydrogen-bond donors (Lipinski definition) is 0. The molecule has 0 unspecified atom stereocenters. The molecular weight excluding hydrogens is 228 g/mol. The van der Waals surface area contributed by atoms with Gasteiger partial charge >= 0.3 is 0 Å². The Morgan fingerprint density at radius 2 is 1.94 bits per heavy atom. The normalized spacial score (nSPS) is 17.0. The summed E-state index contributed by atoms with van der Waals surface area (Å²) < 4.78 is 2.03. The van der Waals surface area contributed by atoms with E-state index < -0.39 is 0 Å². The zero-order valence-corrected chi connectivity index (χ0v) is 11.7. The van der Waals surface area contributed by atoms with Gasteiger partial charge in [-0.1, -0.05) is 5.21 Å². The van der Waals surface area contributed by atoms with Gasteiger partial charge in [-0.25, -0.2) is 4.68 Å². The average Bonchev–Trinajstić information content (AvgIpc) is 2.59. The van der Waals surface area contributed by atoms with Crippen LogP contribution < -0.4 is 0 Å². The van der Waals surface area contributed by atoms with Crippen LogP contribution in [0, 0.1) is 0 Å². The van der Waals surface area contributed by atoms with E-state index in [2.05, 4.69) is 31.1 Å². The molecule has 0 spiro atoms. The summed E-state index contributed by atoms with van der Waals surface area (Å²) in [4.78, 5) is 13.3. The van der Waals surface area contributed by atoms with Crippen LogP contribution in [-0.2, 0) is 23.2 Å². The molecule has 2 rings (SSSR count). The minimum Gasteiger partial charge on any atom is -0.343 e. The zero-order chi connectivity index (χ0) is 13.3. The van der Waals surface area contributed by atoms with Crippen LogP contribution in [0.4, 0.5) is 0 Å². The second-order valence-electron chi connectivity index (χ2n) is 5.93. The van der Waals surface area contributed by atoms with Crippen LogP contribution in [0.2, 0.25) is 0 Å². The maximum atomic E-state index is 11.4. The standard InChI is InChI=1S/C13H22N4O/c1-10(18)16-8-5-6-12-11(7-9-16)14-15-17(12)13(2,3)4/h5-9H2,1-4H3. The molecule has 18 heavy (non-hydrogen) atoms. The van der Waals surface area contributed by atoms with Crippen molar-refractivity contribution in [1.29, 1.82) is 0 Å². The predicted molar refractivity (Wildman–Crippen MR) is 69.3 cm³/mol. The lowest BCUT2D eigenvalue weighted by Gasteiger charge is -2.25. The van der Waals surface area contributed by atoms with Gasteiger partial charge in [0.05, 0.1) is 16.9 Å². The molecule has 0 atom stereocenters. The Kier molecular flexibility index (Phi) is 3.41. The van der Waals surface area contributed by atoms with Crippen LogP contribution in [-0.4, -0.2) is 38.9 Å². The topological polar surface area (TPSA) is 51.0 Å². The Morgan fingerprint density at radius 3 is 2.56 bits per heavy atom. The molecule has 0 aromatic carbocycles. The number of carbonyl (C=O) groups excluding carboxylic acids is 1. The van der Waals surface area contributed by atoms with Gasteiger partial charge in [0.25, 0.3) is 0 Å². The summed E-state index contributed by atoms with van der Waals surface area (Å²) in [6.45, 7) is 9.65. The van der Waals surface area contributed by atoms with Crippen molar-refractivity contribution in [3.8, 4) is 0 Å².